The number of amides is 1. The zero-order valence-corrected chi connectivity index (χ0v) is 21.2. The largest absolute Gasteiger partial charge is 0.508 e. The maximum absolute atomic E-state index is 12.7. The molecule has 0 spiro atoms. The average Bonchev–Trinajstić information content (AvgIpc) is 2.80. The summed E-state index contributed by atoms with van der Waals surface area (Å²) >= 11 is 0. The first kappa shape index (κ1) is 25.9. The summed E-state index contributed by atoms with van der Waals surface area (Å²) in [5.41, 5.74) is 2.18. The Morgan fingerprint density at radius 3 is 2.65 bits per heavy atom. The van der Waals surface area contributed by atoms with E-state index < -0.39 is 0 Å². The summed E-state index contributed by atoms with van der Waals surface area (Å²) in [6.07, 6.45) is 2.00. The Morgan fingerprint density at radius 1 is 1.24 bits per heavy atom. The molecule has 2 aromatic carbocycles. The Morgan fingerprint density at radius 2 is 2.00 bits per heavy atom. The summed E-state index contributed by atoms with van der Waals surface area (Å²) in [5.74, 6) is 1.65. The minimum Gasteiger partial charge on any atom is -0.508 e. The van der Waals surface area contributed by atoms with Gasteiger partial charge in [0.25, 0.3) is 0 Å². The number of methoxy groups -OCH3 is 1. The van der Waals surface area contributed by atoms with E-state index in [0.717, 1.165) is 31.6 Å². The van der Waals surface area contributed by atoms with Gasteiger partial charge in [-0.05, 0) is 72.0 Å². The Labute approximate surface area is 203 Å². The normalized spacial score (nSPS) is 21.9. The predicted molar refractivity (Wildman–Crippen MR) is 135 cm³/mol. The number of aromatic hydroxyl groups is 2. The molecule has 186 valence electrons. The number of piperidine rings is 1. The van der Waals surface area contributed by atoms with E-state index in [-0.39, 0.29) is 23.1 Å². The number of benzene rings is 2. The Bertz CT molecular complexity index is 977. The number of likely N-dealkylation sites (tertiary alicyclic amines) is 1. The van der Waals surface area contributed by atoms with Crippen molar-refractivity contribution in [3.8, 4) is 17.2 Å². The molecule has 3 rings (SSSR count). The van der Waals surface area contributed by atoms with Crippen LogP contribution in [0.4, 0.5) is 0 Å². The molecule has 1 saturated heterocycles. The number of carbonyl (C=O) groups excluding carboxylic acids is 1. The summed E-state index contributed by atoms with van der Waals surface area (Å²) in [4.78, 5) is 15.2. The van der Waals surface area contributed by atoms with Gasteiger partial charge in [0.1, 0.15) is 5.75 Å². The molecule has 1 heterocycles. The van der Waals surface area contributed by atoms with E-state index in [1.54, 1.807) is 18.2 Å². The third-order valence-corrected chi connectivity index (χ3v) is 7.56. The molecule has 0 aromatic heterocycles. The quantitative estimate of drug-likeness (QED) is 0.506. The molecule has 1 aliphatic rings. The molecule has 0 saturated carbocycles. The number of nitrogens with zero attached hydrogens (tertiary/aromatic N) is 1. The number of ether oxygens (including phenoxy) is 1. The summed E-state index contributed by atoms with van der Waals surface area (Å²) in [6.45, 7) is 11.6. The molecule has 3 N–H and O–H groups in total. The van der Waals surface area contributed by atoms with Gasteiger partial charge < -0.3 is 25.2 Å². The van der Waals surface area contributed by atoms with Crippen LogP contribution in [-0.4, -0.2) is 53.8 Å². The van der Waals surface area contributed by atoms with Crippen LogP contribution in [0, 0.1) is 11.8 Å². The Hall–Kier alpha value is -2.73. The van der Waals surface area contributed by atoms with Gasteiger partial charge in [-0.2, -0.15) is 0 Å². The maximum atomic E-state index is 12.7. The molecule has 1 fully saturated rings. The predicted octanol–water partition coefficient (Wildman–Crippen LogP) is 4.48. The Balaban J connectivity index is 1.55. The molecule has 1 amide bonds. The fourth-order valence-electron chi connectivity index (χ4n) is 4.89. The number of rotatable bonds is 9. The van der Waals surface area contributed by atoms with Crippen molar-refractivity contribution in [3.05, 3.63) is 53.6 Å². The second-order valence-corrected chi connectivity index (χ2v) is 10.3. The van der Waals surface area contributed by atoms with Crippen molar-refractivity contribution in [2.75, 3.05) is 26.7 Å². The highest BCUT2D eigenvalue weighted by Gasteiger charge is 2.38. The van der Waals surface area contributed by atoms with Crippen molar-refractivity contribution < 1.29 is 19.7 Å². The standard InChI is InChI=1S/C28H40N2O4/c1-19(2)24(29-27(33)12-10-21-9-11-25(32)26(15-21)34-5)18-30-14-13-28(4,20(3)17-30)22-7-6-8-23(31)16-22/h6-9,11,15-16,19-20,24,31-32H,10,12-14,17-18H2,1-5H3,(H,29,33). The van der Waals surface area contributed by atoms with Crippen molar-refractivity contribution >= 4 is 5.91 Å². The third-order valence-electron chi connectivity index (χ3n) is 7.56. The summed E-state index contributed by atoms with van der Waals surface area (Å²) < 4.78 is 5.16. The van der Waals surface area contributed by atoms with Gasteiger partial charge in [-0.15, -0.1) is 0 Å². The van der Waals surface area contributed by atoms with E-state index in [1.807, 2.05) is 18.2 Å². The highest BCUT2D eigenvalue weighted by Crippen LogP contribution is 2.40. The molecule has 1 aliphatic heterocycles. The molecule has 3 unspecified atom stereocenters. The smallest absolute Gasteiger partial charge is 0.220 e. The number of phenolic OH excluding ortho intramolecular Hbond substituents is 2. The molecule has 6 heteroatoms. The highest BCUT2D eigenvalue weighted by molar-refractivity contribution is 5.76. The lowest BCUT2D eigenvalue weighted by Crippen LogP contribution is -2.53. The van der Waals surface area contributed by atoms with Crippen molar-refractivity contribution in [1.29, 1.82) is 0 Å². The number of nitrogens with one attached hydrogen (secondary N) is 1. The second-order valence-electron chi connectivity index (χ2n) is 10.3. The van der Waals surface area contributed by atoms with Crippen LogP contribution in [-0.2, 0) is 16.6 Å². The van der Waals surface area contributed by atoms with Crippen molar-refractivity contribution in [2.24, 2.45) is 11.8 Å². The zero-order chi connectivity index (χ0) is 24.9. The van der Waals surface area contributed by atoms with E-state index in [0.29, 0.717) is 36.2 Å². The molecule has 0 aliphatic carbocycles. The van der Waals surface area contributed by atoms with Crippen LogP contribution in [0.5, 0.6) is 17.2 Å². The van der Waals surface area contributed by atoms with Crippen LogP contribution >= 0.6 is 0 Å². The first-order chi connectivity index (χ1) is 16.1. The van der Waals surface area contributed by atoms with Gasteiger partial charge >= 0.3 is 0 Å². The lowest BCUT2D eigenvalue weighted by molar-refractivity contribution is -0.122. The van der Waals surface area contributed by atoms with Crippen molar-refractivity contribution in [3.63, 3.8) is 0 Å². The van der Waals surface area contributed by atoms with Gasteiger partial charge in [0.2, 0.25) is 5.91 Å². The molecule has 0 radical (unpaired) electrons. The average molecular weight is 469 g/mol. The van der Waals surface area contributed by atoms with E-state index in [9.17, 15) is 15.0 Å². The number of hydrogen-bond donors (Lipinski definition) is 3. The summed E-state index contributed by atoms with van der Waals surface area (Å²) in [7, 11) is 1.52. The van der Waals surface area contributed by atoms with Crippen molar-refractivity contribution in [1.82, 2.24) is 10.2 Å². The van der Waals surface area contributed by atoms with Crippen LogP contribution in [0.1, 0.15) is 51.7 Å². The molecule has 2 aromatic rings. The molecule has 3 atom stereocenters. The molecular formula is C28H40N2O4. The van der Waals surface area contributed by atoms with Gasteiger partial charge in [0, 0.05) is 25.6 Å². The fourth-order valence-corrected chi connectivity index (χ4v) is 4.89. The first-order valence-corrected chi connectivity index (χ1v) is 12.3. The topological polar surface area (TPSA) is 82.0 Å². The summed E-state index contributed by atoms with van der Waals surface area (Å²) in [6, 6.07) is 12.9. The van der Waals surface area contributed by atoms with Crippen LogP contribution < -0.4 is 10.1 Å². The number of phenols is 2. The van der Waals surface area contributed by atoms with E-state index in [4.69, 9.17) is 4.74 Å². The van der Waals surface area contributed by atoms with Gasteiger partial charge in [0.15, 0.2) is 11.5 Å². The van der Waals surface area contributed by atoms with Gasteiger partial charge in [-0.1, -0.05) is 45.9 Å². The Kier molecular flexibility index (Phi) is 8.47. The lowest BCUT2D eigenvalue weighted by Gasteiger charge is -2.46. The van der Waals surface area contributed by atoms with Crippen LogP contribution in [0.15, 0.2) is 42.5 Å². The third kappa shape index (κ3) is 6.23. The molecule has 0 bridgehead atoms. The first-order valence-electron chi connectivity index (χ1n) is 12.3. The zero-order valence-electron chi connectivity index (χ0n) is 21.2. The SMILES string of the molecule is COc1cc(CCC(=O)NC(CN2CCC(C)(c3cccc(O)c3)C(C)C2)C(C)C)ccc1O. The second kappa shape index (κ2) is 11.1. The van der Waals surface area contributed by atoms with Crippen LogP contribution in [0.2, 0.25) is 0 Å². The number of hydrogen-bond acceptors (Lipinski definition) is 5. The fraction of sp³-hybridized carbons (Fsp3) is 0.536. The number of aryl methyl sites for hydroxylation is 1. The molecular weight excluding hydrogens is 428 g/mol. The van der Waals surface area contributed by atoms with E-state index in [1.165, 1.54) is 12.7 Å². The monoisotopic (exact) mass is 468 g/mol. The van der Waals surface area contributed by atoms with Gasteiger partial charge in [0.05, 0.1) is 7.11 Å². The van der Waals surface area contributed by atoms with Gasteiger partial charge in [-0.25, -0.2) is 0 Å². The molecule has 6 nitrogen and oxygen atoms in total. The minimum atomic E-state index is 0.0248. The molecule has 34 heavy (non-hydrogen) atoms. The summed E-state index contributed by atoms with van der Waals surface area (Å²) in [5, 5.41) is 23.0. The van der Waals surface area contributed by atoms with Crippen LogP contribution in [0.25, 0.3) is 0 Å². The minimum absolute atomic E-state index is 0.0248. The van der Waals surface area contributed by atoms with E-state index >= 15 is 0 Å². The maximum Gasteiger partial charge on any atom is 0.220 e. The van der Waals surface area contributed by atoms with Gasteiger partial charge in [-0.3, -0.25) is 4.79 Å². The van der Waals surface area contributed by atoms with E-state index in [2.05, 4.69) is 44.0 Å². The van der Waals surface area contributed by atoms with Crippen LogP contribution in [0.3, 0.4) is 0 Å². The van der Waals surface area contributed by atoms with Crippen molar-refractivity contribution in [2.45, 2.75) is 58.4 Å². The lowest BCUT2D eigenvalue weighted by atomic mass is 9.68. The highest BCUT2D eigenvalue weighted by atomic mass is 16.5. The number of carbonyl (C=O) groups is 1.